The molecule has 0 N–H and O–H groups in total. The van der Waals surface area contributed by atoms with Crippen LogP contribution in [0.15, 0.2) is 0 Å². The van der Waals surface area contributed by atoms with Crippen molar-refractivity contribution >= 4 is 0 Å². The lowest BCUT2D eigenvalue weighted by atomic mass is 9.82. The molecule has 2 fully saturated rings. The molecule has 0 aromatic rings. The Labute approximate surface area is 67.9 Å². The Morgan fingerprint density at radius 3 is 2.64 bits per heavy atom. The van der Waals surface area contributed by atoms with Gasteiger partial charge in [-0.1, -0.05) is 13.8 Å². The number of rotatable bonds is 0. The van der Waals surface area contributed by atoms with Crippen LogP contribution in [0.2, 0.25) is 0 Å². The van der Waals surface area contributed by atoms with Crippen LogP contribution in [0.1, 0.15) is 20.3 Å². The predicted molar refractivity (Wildman–Crippen MR) is 42.1 cm³/mol. The molecule has 0 saturated carbocycles. The molecule has 0 unspecified atom stereocenters. The normalized spacial score (nSPS) is 50.7. The Kier molecular flexibility index (Phi) is 1.90. The van der Waals surface area contributed by atoms with Crippen LogP contribution in [0, 0.1) is 17.8 Å². The van der Waals surface area contributed by atoms with Gasteiger partial charge in [0.05, 0.1) is 13.2 Å². The predicted octanol–water partition coefficient (Wildman–Crippen LogP) is 1.65. The van der Waals surface area contributed by atoms with Crippen molar-refractivity contribution in [1.29, 1.82) is 0 Å². The van der Waals surface area contributed by atoms with E-state index < -0.39 is 0 Å². The molecule has 0 aromatic carbocycles. The highest BCUT2D eigenvalue weighted by molar-refractivity contribution is 4.82. The molecule has 2 saturated heterocycles. The van der Waals surface area contributed by atoms with Gasteiger partial charge >= 0.3 is 0 Å². The molecule has 0 aliphatic carbocycles. The summed E-state index contributed by atoms with van der Waals surface area (Å²) < 4.78 is 11.0. The zero-order valence-corrected chi connectivity index (χ0v) is 7.25. The molecule has 2 aliphatic heterocycles. The minimum atomic E-state index is 0.119. The van der Waals surface area contributed by atoms with E-state index >= 15 is 0 Å². The third-order valence-corrected chi connectivity index (χ3v) is 3.01. The fraction of sp³-hybridized carbons (Fsp3) is 1.00. The average Bonchev–Trinajstić information content (AvgIpc) is 2.34. The third kappa shape index (κ3) is 1.18. The van der Waals surface area contributed by atoms with E-state index in [1.807, 2.05) is 0 Å². The molecule has 2 nitrogen and oxygen atoms in total. The summed E-state index contributed by atoms with van der Waals surface area (Å²) in [5.74, 6) is 2.13. The fourth-order valence-electron chi connectivity index (χ4n) is 2.29. The van der Waals surface area contributed by atoms with Crippen molar-refractivity contribution in [3.63, 3.8) is 0 Å². The Balaban J connectivity index is 2.08. The highest BCUT2D eigenvalue weighted by Gasteiger charge is 2.41. The van der Waals surface area contributed by atoms with Gasteiger partial charge in [-0.3, -0.25) is 0 Å². The van der Waals surface area contributed by atoms with Crippen LogP contribution in [-0.2, 0) is 9.47 Å². The molecule has 2 aliphatic rings. The SMILES string of the molecule is C[C@@H]1CO[C@@H]2OCC[C@H](C)[C@@H]21. The summed E-state index contributed by atoms with van der Waals surface area (Å²) in [6.07, 6.45) is 1.32. The first-order chi connectivity index (χ1) is 5.29. The van der Waals surface area contributed by atoms with Crippen molar-refractivity contribution in [2.45, 2.75) is 26.6 Å². The lowest BCUT2D eigenvalue weighted by Crippen LogP contribution is -2.34. The van der Waals surface area contributed by atoms with Gasteiger partial charge in [0.2, 0.25) is 0 Å². The van der Waals surface area contributed by atoms with E-state index in [9.17, 15) is 0 Å². The van der Waals surface area contributed by atoms with Crippen LogP contribution in [0.4, 0.5) is 0 Å². The monoisotopic (exact) mass is 156 g/mol. The third-order valence-electron chi connectivity index (χ3n) is 3.01. The van der Waals surface area contributed by atoms with Crippen molar-refractivity contribution in [2.75, 3.05) is 13.2 Å². The van der Waals surface area contributed by atoms with Gasteiger partial charge in [0.15, 0.2) is 6.29 Å². The van der Waals surface area contributed by atoms with E-state index in [1.54, 1.807) is 0 Å². The first kappa shape index (κ1) is 7.56. The first-order valence-corrected chi connectivity index (χ1v) is 4.52. The van der Waals surface area contributed by atoms with E-state index in [0.717, 1.165) is 19.1 Å². The summed E-state index contributed by atoms with van der Waals surface area (Å²) in [5, 5.41) is 0. The van der Waals surface area contributed by atoms with Gasteiger partial charge in [0.25, 0.3) is 0 Å². The molecule has 0 amide bonds. The van der Waals surface area contributed by atoms with Gasteiger partial charge in [0, 0.05) is 5.92 Å². The summed E-state index contributed by atoms with van der Waals surface area (Å²) in [7, 11) is 0. The molecule has 2 heterocycles. The molecule has 0 spiro atoms. The topological polar surface area (TPSA) is 18.5 Å². The van der Waals surface area contributed by atoms with E-state index in [0.29, 0.717) is 11.8 Å². The van der Waals surface area contributed by atoms with Crippen LogP contribution in [-0.4, -0.2) is 19.5 Å². The molecule has 0 aromatic heterocycles. The van der Waals surface area contributed by atoms with Crippen molar-refractivity contribution in [2.24, 2.45) is 17.8 Å². The summed E-state index contributed by atoms with van der Waals surface area (Å²) >= 11 is 0. The molecule has 11 heavy (non-hydrogen) atoms. The van der Waals surface area contributed by atoms with E-state index in [1.165, 1.54) is 6.42 Å². The van der Waals surface area contributed by atoms with Gasteiger partial charge < -0.3 is 9.47 Å². The lowest BCUT2D eigenvalue weighted by molar-refractivity contribution is -0.165. The van der Waals surface area contributed by atoms with Gasteiger partial charge in [-0.2, -0.15) is 0 Å². The fourth-order valence-corrected chi connectivity index (χ4v) is 2.29. The maximum atomic E-state index is 5.52. The number of hydrogen-bond acceptors (Lipinski definition) is 2. The molecule has 64 valence electrons. The standard InChI is InChI=1S/C9H16O2/c1-6-3-4-10-9-8(6)7(2)5-11-9/h6-9H,3-5H2,1-2H3/t6-,7+,8+,9-/m0/s1. The van der Waals surface area contributed by atoms with Crippen LogP contribution >= 0.6 is 0 Å². The van der Waals surface area contributed by atoms with Crippen LogP contribution in [0.25, 0.3) is 0 Å². The van der Waals surface area contributed by atoms with Crippen molar-refractivity contribution < 1.29 is 9.47 Å². The average molecular weight is 156 g/mol. The zero-order valence-electron chi connectivity index (χ0n) is 7.25. The Hall–Kier alpha value is -0.0800. The minimum Gasteiger partial charge on any atom is -0.352 e. The maximum absolute atomic E-state index is 5.52. The summed E-state index contributed by atoms with van der Waals surface area (Å²) in [6, 6.07) is 0. The van der Waals surface area contributed by atoms with Crippen molar-refractivity contribution in [3.8, 4) is 0 Å². The Morgan fingerprint density at radius 1 is 1.09 bits per heavy atom. The second-order valence-corrected chi connectivity index (χ2v) is 3.89. The highest BCUT2D eigenvalue weighted by atomic mass is 16.7. The van der Waals surface area contributed by atoms with Crippen molar-refractivity contribution in [1.82, 2.24) is 0 Å². The molecular weight excluding hydrogens is 140 g/mol. The largest absolute Gasteiger partial charge is 0.352 e. The van der Waals surface area contributed by atoms with E-state index in [4.69, 9.17) is 9.47 Å². The smallest absolute Gasteiger partial charge is 0.160 e. The number of hydrogen-bond donors (Lipinski definition) is 0. The minimum absolute atomic E-state index is 0.119. The lowest BCUT2D eigenvalue weighted by Gasteiger charge is -2.32. The molecule has 2 rings (SSSR count). The Bertz CT molecular complexity index is 144. The summed E-state index contributed by atoms with van der Waals surface area (Å²) in [5.41, 5.74) is 0. The van der Waals surface area contributed by atoms with Gasteiger partial charge in [0.1, 0.15) is 0 Å². The quantitative estimate of drug-likeness (QED) is 0.531. The van der Waals surface area contributed by atoms with Gasteiger partial charge in [-0.15, -0.1) is 0 Å². The molecule has 0 radical (unpaired) electrons. The van der Waals surface area contributed by atoms with Crippen molar-refractivity contribution in [3.05, 3.63) is 0 Å². The molecular formula is C9H16O2. The van der Waals surface area contributed by atoms with Crippen LogP contribution < -0.4 is 0 Å². The maximum Gasteiger partial charge on any atom is 0.160 e. The molecule has 4 atom stereocenters. The zero-order chi connectivity index (χ0) is 7.84. The van der Waals surface area contributed by atoms with Crippen LogP contribution in [0.3, 0.4) is 0 Å². The second kappa shape index (κ2) is 2.76. The highest BCUT2D eigenvalue weighted by Crippen LogP contribution is 2.38. The van der Waals surface area contributed by atoms with E-state index in [-0.39, 0.29) is 6.29 Å². The van der Waals surface area contributed by atoms with Gasteiger partial charge in [-0.05, 0) is 18.3 Å². The van der Waals surface area contributed by atoms with Gasteiger partial charge in [-0.25, -0.2) is 0 Å². The molecule has 2 heteroatoms. The van der Waals surface area contributed by atoms with E-state index in [2.05, 4.69) is 13.8 Å². The first-order valence-electron chi connectivity index (χ1n) is 4.52. The number of ether oxygens (including phenoxy) is 2. The second-order valence-electron chi connectivity index (χ2n) is 3.89. The Morgan fingerprint density at radius 2 is 1.91 bits per heavy atom. The molecule has 0 bridgehead atoms. The van der Waals surface area contributed by atoms with Crippen LogP contribution in [0.5, 0.6) is 0 Å². The number of fused-ring (bicyclic) bond motifs is 1. The summed E-state index contributed by atoms with van der Waals surface area (Å²) in [6.45, 7) is 6.34. The summed E-state index contributed by atoms with van der Waals surface area (Å²) in [4.78, 5) is 0.